The molecule has 0 radical (unpaired) electrons. The molecule has 148 valence electrons. The van der Waals surface area contributed by atoms with Gasteiger partial charge >= 0.3 is 0 Å². The third-order valence-electron chi connectivity index (χ3n) is 5.21. The van der Waals surface area contributed by atoms with E-state index in [1.807, 2.05) is 0 Å². The van der Waals surface area contributed by atoms with Crippen molar-refractivity contribution in [2.45, 2.75) is 32.7 Å². The molecular weight excluding hydrogens is 362 g/mol. The lowest BCUT2D eigenvalue weighted by Gasteiger charge is -2.37. The summed E-state index contributed by atoms with van der Waals surface area (Å²) in [7, 11) is 0. The Balaban J connectivity index is 1.60. The molecule has 2 aliphatic heterocycles. The van der Waals surface area contributed by atoms with Crippen LogP contribution in [-0.2, 0) is 14.4 Å². The molecule has 8 nitrogen and oxygen atoms in total. The highest BCUT2D eigenvalue weighted by molar-refractivity contribution is 6.22. The van der Waals surface area contributed by atoms with Crippen molar-refractivity contribution in [1.29, 1.82) is 0 Å². The summed E-state index contributed by atoms with van der Waals surface area (Å²) in [6.07, 6.45) is 0.392. The molecule has 0 bridgehead atoms. The fourth-order valence-electron chi connectivity index (χ4n) is 3.55. The average molecular weight is 385 g/mol. The lowest BCUT2D eigenvalue weighted by atomic mass is 10.1. The average Bonchev–Trinajstić information content (AvgIpc) is 2.96. The third kappa shape index (κ3) is 3.67. The molecule has 8 heteroatoms. The normalized spacial score (nSPS) is 17.6. The van der Waals surface area contributed by atoms with Gasteiger partial charge in [0.15, 0.2) is 0 Å². The second-order valence-corrected chi connectivity index (χ2v) is 7.11. The van der Waals surface area contributed by atoms with Gasteiger partial charge in [-0.25, -0.2) is 0 Å². The minimum absolute atomic E-state index is 0.0306. The van der Waals surface area contributed by atoms with Crippen molar-refractivity contribution in [3.8, 4) is 0 Å². The Kier molecular flexibility index (Phi) is 5.58. The molecule has 1 unspecified atom stereocenters. The molecule has 0 N–H and O–H groups in total. The molecule has 0 spiro atoms. The van der Waals surface area contributed by atoms with Crippen LogP contribution in [0.15, 0.2) is 24.3 Å². The first-order chi connectivity index (χ1) is 13.3. The number of fused-ring (bicyclic) bond motifs is 1. The van der Waals surface area contributed by atoms with Gasteiger partial charge in [0.2, 0.25) is 11.8 Å². The largest absolute Gasteiger partial charge is 0.339 e. The number of imide groups is 1. The van der Waals surface area contributed by atoms with E-state index in [1.54, 1.807) is 41.0 Å². The highest BCUT2D eigenvalue weighted by atomic mass is 16.2. The molecule has 4 amide bonds. The first-order valence-electron chi connectivity index (χ1n) is 9.34. The number of carbonyl (C=O) groups is 5. The summed E-state index contributed by atoms with van der Waals surface area (Å²) in [5, 5.41) is 0. The smallest absolute Gasteiger partial charge is 0.262 e. The summed E-state index contributed by atoms with van der Waals surface area (Å²) in [6.45, 7) is 4.41. The molecule has 0 aliphatic carbocycles. The van der Waals surface area contributed by atoms with Crippen LogP contribution in [0.2, 0.25) is 0 Å². The van der Waals surface area contributed by atoms with E-state index in [-0.39, 0.29) is 30.4 Å². The number of nitrogens with zero attached hydrogens (tertiary/aromatic N) is 3. The summed E-state index contributed by atoms with van der Waals surface area (Å²) in [6, 6.07) is 5.62. The van der Waals surface area contributed by atoms with Gasteiger partial charge in [0.25, 0.3) is 11.8 Å². The van der Waals surface area contributed by atoms with Crippen LogP contribution < -0.4 is 0 Å². The van der Waals surface area contributed by atoms with Gasteiger partial charge in [-0.2, -0.15) is 0 Å². The lowest BCUT2D eigenvalue weighted by molar-refractivity contribution is -0.141. The van der Waals surface area contributed by atoms with Crippen LogP contribution in [0, 0.1) is 0 Å². The number of piperazine rings is 1. The van der Waals surface area contributed by atoms with Crippen molar-refractivity contribution in [2.75, 3.05) is 26.2 Å². The zero-order chi connectivity index (χ0) is 20.4. The van der Waals surface area contributed by atoms with Gasteiger partial charge in [-0.15, -0.1) is 0 Å². The number of rotatable bonds is 5. The Morgan fingerprint density at radius 2 is 1.39 bits per heavy atom. The second kappa shape index (κ2) is 7.92. The topological polar surface area (TPSA) is 95.1 Å². The summed E-state index contributed by atoms with van der Waals surface area (Å²) in [5.41, 5.74) is 0.626. The van der Waals surface area contributed by atoms with Crippen molar-refractivity contribution in [3.05, 3.63) is 35.4 Å². The van der Waals surface area contributed by atoms with Crippen LogP contribution >= 0.6 is 0 Å². The van der Waals surface area contributed by atoms with Crippen LogP contribution in [0.3, 0.4) is 0 Å². The molecule has 3 rings (SSSR count). The Morgan fingerprint density at radius 1 is 0.893 bits per heavy atom. The van der Waals surface area contributed by atoms with E-state index in [1.165, 1.54) is 6.92 Å². The number of hydrogen-bond donors (Lipinski definition) is 0. The molecule has 0 aromatic heterocycles. The van der Waals surface area contributed by atoms with Gasteiger partial charge in [0.05, 0.1) is 11.1 Å². The highest BCUT2D eigenvalue weighted by Gasteiger charge is 2.42. The predicted molar refractivity (Wildman–Crippen MR) is 99.5 cm³/mol. The van der Waals surface area contributed by atoms with Crippen LogP contribution in [0.25, 0.3) is 0 Å². The summed E-state index contributed by atoms with van der Waals surface area (Å²) < 4.78 is 0. The van der Waals surface area contributed by atoms with Crippen LogP contribution in [0.5, 0.6) is 0 Å². The van der Waals surface area contributed by atoms with Gasteiger partial charge in [-0.1, -0.05) is 12.1 Å². The molecule has 28 heavy (non-hydrogen) atoms. The minimum atomic E-state index is -0.910. The predicted octanol–water partition coefficient (Wildman–Crippen LogP) is 0.711. The molecule has 1 aromatic carbocycles. The van der Waals surface area contributed by atoms with Crippen LogP contribution in [-0.4, -0.2) is 76.3 Å². The van der Waals surface area contributed by atoms with Crippen LogP contribution in [0.1, 0.15) is 47.4 Å². The van der Waals surface area contributed by atoms with E-state index in [0.29, 0.717) is 37.3 Å². The second-order valence-electron chi connectivity index (χ2n) is 7.11. The quantitative estimate of drug-likeness (QED) is 0.696. The first-order valence-corrected chi connectivity index (χ1v) is 9.34. The Hall–Kier alpha value is -3.03. The van der Waals surface area contributed by atoms with Crippen LogP contribution in [0.4, 0.5) is 0 Å². The molecule has 1 atom stereocenters. The molecule has 2 heterocycles. The van der Waals surface area contributed by atoms with E-state index in [2.05, 4.69) is 0 Å². The number of carbonyl (C=O) groups excluding carboxylic acids is 5. The van der Waals surface area contributed by atoms with Crippen molar-refractivity contribution >= 4 is 29.4 Å². The molecule has 1 fully saturated rings. The van der Waals surface area contributed by atoms with Crippen molar-refractivity contribution in [1.82, 2.24) is 14.7 Å². The number of benzene rings is 1. The summed E-state index contributed by atoms with van der Waals surface area (Å²) in [4.78, 5) is 65.3. The van der Waals surface area contributed by atoms with Crippen molar-refractivity contribution in [2.24, 2.45) is 0 Å². The zero-order valence-corrected chi connectivity index (χ0v) is 16.0. The maximum absolute atomic E-state index is 12.9. The highest BCUT2D eigenvalue weighted by Crippen LogP contribution is 2.25. The lowest BCUT2D eigenvalue weighted by Crippen LogP contribution is -2.56. The van der Waals surface area contributed by atoms with Gasteiger partial charge in [-0.3, -0.25) is 24.1 Å². The van der Waals surface area contributed by atoms with E-state index < -0.39 is 17.9 Å². The molecule has 0 saturated carbocycles. The summed E-state index contributed by atoms with van der Waals surface area (Å²) >= 11 is 0. The number of ketones is 1. The number of hydrogen-bond acceptors (Lipinski definition) is 5. The number of Topliss-reactive ketones (excluding diaryl/α,β-unsaturated/α-hetero) is 1. The Bertz CT molecular complexity index is 807. The fourth-order valence-corrected chi connectivity index (χ4v) is 3.55. The minimum Gasteiger partial charge on any atom is -0.339 e. The molecule has 1 aromatic rings. The van der Waals surface area contributed by atoms with Gasteiger partial charge in [0.1, 0.15) is 11.8 Å². The standard InChI is InChI=1S/C20H23N3O5/c1-13(24)7-8-17(25)21-9-11-22(12-10-21)18(26)14(2)23-19(27)15-5-3-4-6-16(15)20(23)28/h3-6,14H,7-12H2,1-2H3. The van der Waals surface area contributed by atoms with E-state index >= 15 is 0 Å². The van der Waals surface area contributed by atoms with Crippen molar-refractivity contribution in [3.63, 3.8) is 0 Å². The molecule has 2 aliphatic rings. The molecule has 1 saturated heterocycles. The fraction of sp³-hybridized carbons (Fsp3) is 0.450. The summed E-state index contributed by atoms with van der Waals surface area (Å²) in [5.74, 6) is -1.36. The Morgan fingerprint density at radius 3 is 1.89 bits per heavy atom. The van der Waals surface area contributed by atoms with Crippen molar-refractivity contribution < 1.29 is 24.0 Å². The van der Waals surface area contributed by atoms with E-state index in [0.717, 1.165) is 4.90 Å². The third-order valence-corrected chi connectivity index (χ3v) is 5.21. The molecular formula is C20H23N3O5. The maximum Gasteiger partial charge on any atom is 0.262 e. The van der Waals surface area contributed by atoms with Gasteiger partial charge in [0, 0.05) is 39.0 Å². The Labute approximate surface area is 163 Å². The first kappa shape index (κ1) is 19.7. The maximum atomic E-state index is 12.9. The van der Waals surface area contributed by atoms with Gasteiger partial charge < -0.3 is 14.6 Å². The van der Waals surface area contributed by atoms with E-state index in [9.17, 15) is 24.0 Å². The SMILES string of the molecule is CC(=O)CCC(=O)N1CCN(C(=O)C(C)N2C(=O)c3ccccc3C2=O)CC1. The zero-order valence-electron chi connectivity index (χ0n) is 16.0. The monoisotopic (exact) mass is 385 g/mol. The van der Waals surface area contributed by atoms with Gasteiger partial charge in [-0.05, 0) is 26.0 Å². The number of amides is 4. The van der Waals surface area contributed by atoms with E-state index in [4.69, 9.17) is 0 Å².